The van der Waals surface area contributed by atoms with E-state index in [1.807, 2.05) is 66.7 Å². The lowest BCUT2D eigenvalue weighted by Crippen LogP contribution is -2.34. The van der Waals surface area contributed by atoms with E-state index in [2.05, 4.69) is 10.3 Å². The van der Waals surface area contributed by atoms with Crippen molar-refractivity contribution in [3.8, 4) is 16.3 Å². The molecule has 0 aliphatic heterocycles. The van der Waals surface area contributed by atoms with Crippen molar-refractivity contribution in [1.82, 2.24) is 14.3 Å². The monoisotopic (exact) mass is 526 g/mol. The fraction of sp³-hybridized carbons (Fsp3) is 0.172. The molecule has 0 fully saturated rings. The highest BCUT2D eigenvalue weighted by molar-refractivity contribution is 7.21. The molecule has 0 bridgehead atoms. The predicted octanol–water partition coefficient (Wildman–Crippen LogP) is 5.34. The number of para-hydroxylation sites is 2. The van der Waals surface area contributed by atoms with Crippen LogP contribution in [-0.4, -0.2) is 32.3 Å². The highest BCUT2D eigenvalue weighted by Gasteiger charge is 2.27. The summed E-state index contributed by atoms with van der Waals surface area (Å²) in [5.74, 6) is -1.20. The molecule has 0 radical (unpaired) electrons. The van der Waals surface area contributed by atoms with Gasteiger partial charge in [0, 0.05) is 12.6 Å². The number of rotatable bonds is 7. The molecule has 0 saturated heterocycles. The van der Waals surface area contributed by atoms with Crippen molar-refractivity contribution in [3.05, 3.63) is 100 Å². The smallest absolute Gasteiger partial charge is 0.339 e. The molecule has 192 valence electrons. The van der Waals surface area contributed by atoms with Crippen LogP contribution in [0.3, 0.4) is 0 Å². The number of carbonyl (C=O) groups is 2. The largest absolute Gasteiger partial charge is 0.449 e. The van der Waals surface area contributed by atoms with Gasteiger partial charge in [0.25, 0.3) is 11.5 Å². The summed E-state index contributed by atoms with van der Waals surface area (Å²) in [4.78, 5) is 44.3. The molecule has 38 heavy (non-hydrogen) atoms. The third-order valence-electron chi connectivity index (χ3n) is 6.39. The minimum atomic E-state index is -1.09. The van der Waals surface area contributed by atoms with E-state index in [0.29, 0.717) is 27.5 Å². The molecule has 0 spiro atoms. The first kappa shape index (κ1) is 25.2. The van der Waals surface area contributed by atoms with E-state index in [4.69, 9.17) is 4.74 Å². The van der Waals surface area contributed by atoms with Gasteiger partial charge in [-0.1, -0.05) is 55.5 Å². The minimum Gasteiger partial charge on any atom is -0.449 e. The number of fused-ring (bicyclic) bond motifs is 1. The second kappa shape index (κ2) is 10.5. The summed E-state index contributed by atoms with van der Waals surface area (Å²) in [5, 5.41) is 3.39. The number of nitrogens with one attached hydrogen (secondary N) is 1. The number of benzene rings is 3. The summed E-state index contributed by atoms with van der Waals surface area (Å²) in [5.41, 5.74) is 2.83. The second-order valence-electron chi connectivity index (χ2n) is 8.76. The van der Waals surface area contributed by atoms with Crippen LogP contribution in [0.1, 0.15) is 29.4 Å². The third kappa shape index (κ3) is 4.64. The van der Waals surface area contributed by atoms with Crippen LogP contribution in [0.2, 0.25) is 0 Å². The molecule has 1 amide bonds. The van der Waals surface area contributed by atoms with E-state index in [-0.39, 0.29) is 17.7 Å². The van der Waals surface area contributed by atoms with Crippen LogP contribution in [0.15, 0.2) is 83.7 Å². The number of carbonyl (C=O) groups excluding carboxylic acids is 2. The maximum absolute atomic E-state index is 13.3. The maximum Gasteiger partial charge on any atom is 0.339 e. The molecule has 9 heteroatoms. The highest BCUT2D eigenvalue weighted by atomic mass is 32.1. The maximum atomic E-state index is 13.3. The number of ether oxygens (including phenoxy) is 1. The Morgan fingerprint density at radius 1 is 1.00 bits per heavy atom. The minimum absolute atomic E-state index is 0.144. The third-order valence-corrected chi connectivity index (χ3v) is 7.46. The zero-order valence-electron chi connectivity index (χ0n) is 21.2. The van der Waals surface area contributed by atoms with Crippen molar-refractivity contribution in [2.45, 2.75) is 26.4 Å². The SMILES string of the molecule is CCC(OC(=O)c1ccccc1-c1nc2ccccc2s1)C(=O)Nc1c(C)n(C)n(-c2ccccc2)c1=O. The van der Waals surface area contributed by atoms with E-state index in [0.717, 1.165) is 10.2 Å². The number of anilines is 1. The lowest BCUT2D eigenvalue weighted by molar-refractivity contribution is -0.124. The normalized spacial score (nSPS) is 11.9. The zero-order chi connectivity index (χ0) is 26.8. The Balaban J connectivity index is 1.39. The van der Waals surface area contributed by atoms with Gasteiger partial charge in [0.1, 0.15) is 10.7 Å². The molecule has 0 saturated carbocycles. The molecule has 5 aromatic rings. The van der Waals surface area contributed by atoms with Gasteiger partial charge in [-0.15, -0.1) is 11.3 Å². The first-order valence-corrected chi connectivity index (χ1v) is 13.0. The first-order valence-electron chi connectivity index (χ1n) is 12.2. The van der Waals surface area contributed by atoms with Crippen LogP contribution in [0.25, 0.3) is 26.5 Å². The van der Waals surface area contributed by atoms with E-state index >= 15 is 0 Å². The Labute approximate surface area is 223 Å². The molecule has 0 aliphatic carbocycles. The molecule has 2 aromatic heterocycles. The average Bonchev–Trinajstić information content (AvgIpc) is 3.46. The Bertz CT molecular complexity index is 1670. The number of hydrogen-bond acceptors (Lipinski definition) is 6. The van der Waals surface area contributed by atoms with Crippen molar-refractivity contribution >= 4 is 39.1 Å². The van der Waals surface area contributed by atoms with Crippen LogP contribution >= 0.6 is 11.3 Å². The molecule has 3 aromatic carbocycles. The van der Waals surface area contributed by atoms with Crippen LogP contribution < -0.4 is 10.9 Å². The molecule has 5 rings (SSSR count). The molecule has 1 N–H and O–H groups in total. The van der Waals surface area contributed by atoms with Crippen molar-refractivity contribution in [2.75, 3.05) is 5.32 Å². The van der Waals surface area contributed by atoms with E-state index < -0.39 is 18.0 Å². The average molecular weight is 527 g/mol. The zero-order valence-corrected chi connectivity index (χ0v) is 22.0. The van der Waals surface area contributed by atoms with Gasteiger partial charge in [-0.05, 0) is 43.7 Å². The quantitative estimate of drug-likeness (QED) is 0.289. The summed E-state index contributed by atoms with van der Waals surface area (Å²) in [6.45, 7) is 3.49. The lowest BCUT2D eigenvalue weighted by Gasteiger charge is -2.16. The molecule has 8 nitrogen and oxygen atoms in total. The number of hydrogen-bond donors (Lipinski definition) is 1. The summed E-state index contributed by atoms with van der Waals surface area (Å²) < 4.78 is 9.83. The van der Waals surface area contributed by atoms with Crippen molar-refractivity contribution < 1.29 is 14.3 Å². The number of esters is 1. The number of amides is 1. The van der Waals surface area contributed by atoms with Gasteiger partial charge in [0.05, 0.1) is 27.2 Å². The van der Waals surface area contributed by atoms with Crippen LogP contribution in [0.4, 0.5) is 5.69 Å². The molecule has 0 aliphatic rings. The number of nitrogens with zero attached hydrogens (tertiary/aromatic N) is 3. The Morgan fingerprint density at radius 3 is 2.42 bits per heavy atom. The highest BCUT2D eigenvalue weighted by Crippen LogP contribution is 2.32. The van der Waals surface area contributed by atoms with Gasteiger partial charge < -0.3 is 10.1 Å². The van der Waals surface area contributed by atoms with Gasteiger partial charge in [0.15, 0.2) is 6.10 Å². The number of thiazole rings is 1. The van der Waals surface area contributed by atoms with Gasteiger partial charge >= 0.3 is 5.97 Å². The molecular formula is C29H26N4O4S. The summed E-state index contributed by atoms with van der Waals surface area (Å²) in [6, 6.07) is 24.0. The van der Waals surface area contributed by atoms with Crippen molar-refractivity contribution in [1.29, 1.82) is 0 Å². The van der Waals surface area contributed by atoms with Crippen LogP contribution in [0, 0.1) is 6.92 Å². The molecular weight excluding hydrogens is 500 g/mol. The molecule has 1 unspecified atom stereocenters. The Kier molecular flexibility index (Phi) is 6.93. The van der Waals surface area contributed by atoms with E-state index in [9.17, 15) is 14.4 Å². The standard InChI is InChI=1S/C29H26N4O4S/c1-4-23(26(34)31-25-18(2)32(3)33(28(25)35)19-12-6-5-7-13-19)37-29(36)21-15-9-8-14-20(21)27-30-22-16-10-11-17-24(22)38-27/h5-17,23H,4H2,1-3H3,(H,31,34). The van der Waals surface area contributed by atoms with Gasteiger partial charge in [-0.2, -0.15) is 0 Å². The summed E-state index contributed by atoms with van der Waals surface area (Å²) in [6.07, 6.45) is -0.852. The second-order valence-corrected chi connectivity index (χ2v) is 9.79. The van der Waals surface area contributed by atoms with Crippen LogP contribution in [0.5, 0.6) is 0 Å². The van der Waals surface area contributed by atoms with Crippen LogP contribution in [-0.2, 0) is 16.6 Å². The van der Waals surface area contributed by atoms with Gasteiger partial charge in [-0.25, -0.2) is 14.5 Å². The Morgan fingerprint density at radius 2 is 1.68 bits per heavy atom. The predicted molar refractivity (Wildman–Crippen MR) is 149 cm³/mol. The fourth-order valence-electron chi connectivity index (χ4n) is 4.27. The summed E-state index contributed by atoms with van der Waals surface area (Å²) in [7, 11) is 1.75. The van der Waals surface area contributed by atoms with Crippen molar-refractivity contribution in [2.24, 2.45) is 7.05 Å². The summed E-state index contributed by atoms with van der Waals surface area (Å²) >= 11 is 1.48. The first-order chi connectivity index (χ1) is 18.4. The Hall–Kier alpha value is -4.50. The van der Waals surface area contributed by atoms with Crippen molar-refractivity contribution in [3.63, 3.8) is 0 Å². The van der Waals surface area contributed by atoms with Gasteiger partial charge in [0.2, 0.25) is 0 Å². The van der Waals surface area contributed by atoms with Gasteiger partial charge in [-0.3, -0.25) is 14.3 Å². The fourth-order valence-corrected chi connectivity index (χ4v) is 5.27. The van der Waals surface area contributed by atoms with E-state index in [1.165, 1.54) is 16.0 Å². The lowest BCUT2D eigenvalue weighted by atomic mass is 10.1. The topological polar surface area (TPSA) is 95.2 Å². The molecule has 1 atom stereocenters. The van der Waals surface area contributed by atoms with E-state index in [1.54, 1.807) is 37.7 Å². The number of aromatic nitrogens is 3. The molecule has 2 heterocycles.